The van der Waals surface area contributed by atoms with Gasteiger partial charge in [-0.1, -0.05) is 0 Å². The highest BCUT2D eigenvalue weighted by atomic mass is 19.1. The first-order valence-corrected chi connectivity index (χ1v) is 4.11. The SMILES string of the molecule is O=C(O)C1(c2cc(F)cnc2F)CC1. The first kappa shape index (κ1) is 9.05. The highest BCUT2D eigenvalue weighted by Crippen LogP contribution is 2.49. The first-order valence-electron chi connectivity index (χ1n) is 4.11. The van der Waals surface area contributed by atoms with Gasteiger partial charge in [-0.2, -0.15) is 4.39 Å². The quantitative estimate of drug-likeness (QED) is 0.734. The van der Waals surface area contributed by atoms with Crippen molar-refractivity contribution < 1.29 is 18.7 Å². The lowest BCUT2D eigenvalue weighted by Gasteiger charge is -2.09. The molecule has 0 radical (unpaired) electrons. The Morgan fingerprint density at radius 1 is 1.50 bits per heavy atom. The Balaban J connectivity index is 2.51. The van der Waals surface area contributed by atoms with E-state index in [0.29, 0.717) is 12.8 Å². The number of carboxylic acids is 1. The van der Waals surface area contributed by atoms with Gasteiger partial charge in [-0.15, -0.1) is 0 Å². The molecule has 0 unspecified atom stereocenters. The van der Waals surface area contributed by atoms with Crippen LogP contribution in [0.4, 0.5) is 8.78 Å². The lowest BCUT2D eigenvalue weighted by molar-refractivity contribution is -0.140. The van der Waals surface area contributed by atoms with E-state index < -0.39 is 23.1 Å². The number of hydrogen-bond acceptors (Lipinski definition) is 2. The Morgan fingerprint density at radius 2 is 2.14 bits per heavy atom. The molecule has 1 aromatic heterocycles. The van der Waals surface area contributed by atoms with Crippen LogP contribution in [0.3, 0.4) is 0 Å². The summed E-state index contributed by atoms with van der Waals surface area (Å²) in [7, 11) is 0. The average Bonchev–Trinajstić information content (AvgIpc) is 2.90. The fourth-order valence-corrected chi connectivity index (χ4v) is 1.48. The second-order valence-electron chi connectivity index (χ2n) is 3.38. The number of aromatic nitrogens is 1. The van der Waals surface area contributed by atoms with Gasteiger partial charge in [0.1, 0.15) is 5.82 Å². The summed E-state index contributed by atoms with van der Waals surface area (Å²) in [6.45, 7) is 0. The molecular formula is C9H7F2NO2. The number of carboxylic acid groups (broad SMARTS) is 1. The number of nitrogens with zero attached hydrogens (tertiary/aromatic N) is 1. The summed E-state index contributed by atoms with van der Waals surface area (Å²) in [5.41, 5.74) is -1.39. The standard InChI is InChI=1S/C9H7F2NO2/c10-5-3-6(7(11)12-4-5)9(1-2-9)8(13)14/h3-4H,1-2H2,(H,13,14). The summed E-state index contributed by atoms with van der Waals surface area (Å²) in [5, 5.41) is 8.86. The summed E-state index contributed by atoms with van der Waals surface area (Å²) in [6.07, 6.45) is 1.41. The molecule has 0 bridgehead atoms. The van der Waals surface area contributed by atoms with Crippen molar-refractivity contribution in [1.29, 1.82) is 0 Å². The monoisotopic (exact) mass is 199 g/mol. The molecule has 0 amide bonds. The van der Waals surface area contributed by atoms with Crippen molar-refractivity contribution in [2.75, 3.05) is 0 Å². The van der Waals surface area contributed by atoms with Crippen molar-refractivity contribution in [3.63, 3.8) is 0 Å². The van der Waals surface area contributed by atoms with Crippen LogP contribution in [0.5, 0.6) is 0 Å². The molecule has 1 saturated carbocycles. The molecule has 2 rings (SSSR count). The number of halogens is 2. The molecule has 0 aromatic carbocycles. The van der Waals surface area contributed by atoms with E-state index in [9.17, 15) is 13.6 Å². The van der Waals surface area contributed by atoms with Gasteiger partial charge in [-0.25, -0.2) is 9.37 Å². The Labute approximate surface area is 78.4 Å². The summed E-state index contributed by atoms with van der Waals surface area (Å²) >= 11 is 0. The van der Waals surface area contributed by atoms with Crippen molar-refractivity contribution in [1.82, 2.24) is 4.98 Å². The van der Waals surface area contributed by atoms with Gasteiger partial charge in [-0.3, -0.25) is 4.79 Å². The van der Waals surface area contributed by atoms with Gasteiger partial charge < -0.3 is 5.11 Å². The molecule has 3 nitrogen and oxygen atoms in total. The van der Waals surface area contributed by atoms with Crippen LogP contribution < -0.4 is 0 Å². The number of carbonyl (C=O) groups is 1. The van der Waals surface area contributed by atoms with Crippen LogP contribution >= 0.6 is 0 Å². The van der Waals surface area contributed by atoms with E-state index in [1.165, 1.54) is 0 Å². The van der Waals surface area contributed by atoms with Crippen LogP contribution in [-0.2, 0) is 10.2 Å². The van der Waals surface area contributed by atoms with Gasteiger partial charge in [0.25, 0.3) is 0 Å². The maximum atomic E-state index is 13.1. The predicted molar refractivity (Wildman–Crippen MR) is 42.7 cm³/mol. The molecule has 1 aliphatic rings. The minimum Gasteiger partial charge on any atom is -0.481 e. The minimum absolute atomic E-state index is 0.148. The molecule has 0 spiro atoms. The maximum Gasteiger partial charge on any atom is 0.314 e. The van der Waals surface area contributed by atoms with Gasteiger partial charge in [-0.05, 0) is 18.9 Å². The fourth-order valence-electron chi connectivity index (χ4n) is 1.48. The van der Waals surface area contributed by atoms with Crippen LogP contribution in [0.1, 0.15) is 18.4 Å². The van der Waals surface area contributed by atoms with Gasteiger partial charge in [0.15, 0.2) is 0 Å². The normalized spacial score (nSPS) is 17.9. The van der Waals surface area contributed by atoms with Crippen LogP contribution in [0, 0.1) is 11.8 Å². The number of rotatable bonds is 2. The molecule has 1 aliphatic carbocycles. The molecule has 74 valence electrons. The van der Waals surface area contributed by atoms with Crippen LogP contribution in [0.25, 0.3) is 0 Å². The molecular weight excluding hydrogens is 192 g/mol. The van der Waals surface area contributed by atoms with E-state index in [2.05, 4.69) is 4.98 Å². The molecule has 1 heterocycles. The lowest BCUT2D eigenvalue weighted by Crippen LogP contribution is -2.21. The van der Waals surface area contributed by atoms with Gasteiger partial charge >= 0.3 is 5.97 Å². The highest BCUT2D eigenvalue weighted by molar-refractivity contribution is 5.84. The van der Waals surface area contributed by atoms with Crippen molar-refractivity contribution in [2.24, 2.45) is 0 Å². The number of aliphatic carboxylic acids is 1. The molecule has 14 heavy (non-hydrogen) atoms. The summed E-state index contributed by atoms with van der Waals surface area (Å²) in [5.74, 6) is -2.73. The molecule has 1 N–H and O–H groups in total. The zero-order chi connectivity index (χ0) is 10.3. The minimum atomic E-state index is -1.24. The van der Waals surface area contributed by atoms with Crippen molar-refractivity contribution in [3.8, 4) is 0 Å². The number of hydrogen-bond donors (Lipinski definition) is 1. The van der Waals surface area contributed by atoms with E-state index in [4.69, 9.17) is 5.11 Å². The topological polar surface area (TPSA) is 50.2 Å². The highest BCUT2D eigenvalue weighted by Gasteiger charge is 2.53. The molecule has 1 fully saturated rings. The van der Waals surface area contributed by atoms with Crippen molar-refractivity contribution in [3.05, 3.63) is 29.6 Å². The lowest BCUT2D eigenvalue weighted by atomic mass is 9.98. The zero-order valence-electron chi connectivity index (χ0n) is 7.13. The summed E-state index contributed by atoms with van der Waals surface area (Å²) in [6, 6.07) is 0.906. The Hall–Kier alpha value is -1.52. The molecule has 1 aromatic rings. The van der Waals surface area contributed by atoms with Crippen LogP contribution in [0.2, 0.25) is 0 Å². The largest absolute Gasteiger partial charge is 0.481 e. The second-order valence-corrected chi connectivity index (χ2v) is 3.38. The van der Waals surface area contributed by atoms with Crippen LogP contribution in [0.15, 0.2) is 12.3 Å². The first-order chi connectivity index (χ1) is 6.56. The molecule has 0 saturated heterocycles. The number of pyridine rings is 1. The molecule has 0 aliphatic heterocycles. The zero-order valence-corrected chi connectivity index (χ0v) is 7.13. The Morgan fingerprint density at radius 3 is 2.64 bits per heavy atom. The van der Waals surface area contributed by atoms with E-state index in [0.717, 1.165) is 12.3 Å². The third-order valence-corrected chi connectivity index (χ3v) is 2.48. The summed E-state index contributed by atoms with van der Waals surface area (Å²) in [4.78, 5) is 14.0. The summed E-state index contributed by atoms with van der Waals surface area (Å²) < 4.78 is 25.9. The second kappa shape index (κ2) is 2.73. The van der Waals surface area contributed by atoms with Crippen molar-refractivity contribution >= 4 is 5.97 Å². The fraction of sp³-hybridized carbons (Fsp3) is 0.333. The van der Waals surface area contributed by atoms with E-state index >= 15 is 0 Å². The van der Waals surface area contributed by atoms with E-state index in [-0.39, 0.29) is 5.56 Å². The van der Waals surface area contributed by atoms with Gasteiger partial charge in [0, 0.05) is 5.56 Å². The molecule has 5 heteroatoms. The smallest absolute Gasteiger partial charge is 0.314 e. The van der Waals surface area contributed by atoms with E-state index in [1.54, 1.807) is 0 Å². The Bertz CT molecular complexity index is 402. The van der Waals surface area contributed by atoms with Gasteiger partial charge in [0.05, 0.1) is 11.6 Å². The predicted octanol–water partition coefficient (Wildman–Crippen LogP) is 1.48. The average molecular weight is 199 g/mol. The third kappa shape index (κ3) is 1.16. The molecule has 0 atom stereocenters. The van der Waals surface area contributed by atoms with E-state index in [1.807, 2.05) is 0 Å². The van der Waals surface area contributed by atoms with Crippen molar-refractivity contribution in [2.45, 2.75) is 18.3 Å². The van der Waals surface area contributed by atoms with Crippen LogP contribution in [-0.4, -0.2) is 16.1 Å². The third-order valence-electron chi connectivity index (χ3n) is 2.48. The van der Waals surface area contributed by atoms with Gasteiger partial charge in [0.2, 0.25) is 5.95 Å². The Kier molecular flexibility index (Phi) is 1.77. The maximum absolute atomic E-state index is 13.1.